The van der Waals surface area contributed by atoms with E-state index in [1.165, 1.54) is 0 Å². The van der Waals surface area contributed by atoms with Gasteiger partial charge in [-0.2, -0.15) is 0 Å². The molecule has 3 nitrogen and oxygen atoms in total. The first-order valence-corrected chi connectivity index (χ1v) is 5.26. The van der Waals surface area contributed by atoms with Gasteiger partial charge in [-0.3, -0.25) is 4.79 Å². The predicted octanol–water partition coefficient (Wildman–Crippen LogP) is 1.58. The van der Waals surface area contributed by atoms with Crippen molar-refractivity contribution in [3.63, 3.8) is 0 Å². The third-order valence-corrected chi connectivity index (χ3v) is 2.37. The highest BCUT2D eigenvalue weighted by molar-refractivity contribution is 5.76. The Bertz CT molecular complexity index is 292. The highest BCUT2D eigenvalue weighted by atomic mass is 16.2. The molecule has 1 saturated heterocycles. The lowest BCUT2D eigenvalue weighted by molar-refractivity contribution is -0.132. The minimum absolute atomic E-state index is 0.247. The Balaban J connectivity index is 2.38. The average molecular weight is 206 g/mol. The third kappa shape index (κ3) is 4.02. The number of hydrogen-bond donors (Lipinski definition) is 1. The van der Waals surface area contributed by atoms with Crippen LogP contribution in [0.4, 0.5) is 0 Å². The second-order valence-electron chi connectivity index (χ2n) is 3.60. The number of carbonyl (C=O) groups is 1. The standard InChI is InChI=1S/C12H18N2O/c1-2-6-11(13)7-5-10-14-9-4-3-8-12(14)15/h2,5-7H,1,3-4,8-10,13H2/b7-5-,11-6+. The van der Waals surface area contributed by atoms with Crippen LogP contribution < -0.4 is 5.73 Å². The predicted molar refractivity (Wildman–Crippen MR) is 62.0 cm³/mol. The van der Waals surface area contributed by atoms with E-state index in [0.29, 0.717) is 18.7 Å². The molecule has 2 N–H and O–H groups in total. The first-order chi connectivity index (χ1) is 7.24. The minimum Gasteiger partial charge on any atom is -0.399 e. The van der Waals surface area contributed by atoms with Gasteiger partial charge in [0.05, 0.1) is 0 Å². The number of allylic oxidation sites excluding steroid dienone is 3. The number of nitrogens with zero attached hydrogens (tertiary/aromatic N) is 1. The Morgan fingerprint density at radius 1 is 1.53 bits per heavy atom. The summed E-state index contributed by atoms with van der Waals surface area (Å²) in [5.74, 6) is 0.247. The van der Waals surface area contributed by atoms with E-state index < -0.39 is 0 Å². The number of piperidine rings is 1. The molecule has 0 radical (unpaired) electrons. The van der Waals surface area contributed by atoms with Gasteiger partial charge in [-0.15, -0.1) is 0 Å². The first-order valence-electron chi connectivity index (χ1n) is 5.26. The summed E-state index contributed by atoms with van der Waals surface area (Å²) < 4.78 is 0. The molecule has 1 rings (SSSR count). The van der Waals surface area contributed by atoms with E-state index in [0.717, 1.165) is 19.4 Å². The van der Waals surface area contributed by atoms with Crippen LogP contribution in [0.2, 0.25) is 0 Å². The lowest BCUT2D eigenvalue weighted by Crippen LogP contribution is -2.35. The molecule has 0 aromatic heterocycles. The largest absolute Gasteiger partial charge is 0.399 e. The molecule has 0 spiro atoms. The summed E-state index contributed by atoms with van der Waals surface area (Å²) in [6.45, 7) is 5.08. The molecule has 0 unspecified atom stereocenters. The number of likely N-dealkylation sites (tertiary alicyclic amines) is 1. The molecule has 1 amide bonds. The molecule has 15 heavy (non-hydrogen) atoms. The van der Waals surface area contributed by atoms with Crippen LogP contribution in [0.25, 0.3) is 0 Å². The van der Waals surface area contributed by atoms with Crippen LogP contribution in [0.5, 0.6) is 0 Å². The minimum atomic E-state index is 0.247. The van der Waals surface area contributed by atoms with Gasteiger partial charge in [-0.05, 0) is 25.0 Å². The second kappa shape index (κ2) is 6.06. The van der Waals surface area contributed by atoms with Crippen molar-refractivity contribution in [3.05, 3.63) is 36.6 Å². The van der Waals surface area contributed by atoms with Gasteiger partial charge in [0.15, 0.2) is 0 Å². The fraction of sp³-hybridized carbons (Fsp3) is 0.417. The lowest BCUT2D eigenvalue weighted by atomic mass is 10.1. The van der Waals surface area contributed by atoms with Crippen molar-refractivity contribution in [2.75, 3.05) is 13.1 Å². The topological polar surface area (TPSA) is 46.3 Å². The zero-order valence-electron chi connectivity index (χ0n) is 8.98. The molecule has 0 bridgehead atoms. The summed E-state index contributed by atoms with van der Waals surface area (Å²) in [6.07, 6.45) is 9.92. The molecule has 0 aromatic rings. The summed E-state index contributed by atoms with van der Waals surface area (Å²) in [6, 6.07) is 0. The van der Waals surface area contributed by atoms with Crippen LogP contribution in [-0.4, -0.2) is 23.9 Å². The number of rotatable bonds is 4. The summed E-state index contributed by atoms with van der Waals surface area (Å²) in [5.41, 5.74) is 6.30. The quantitative estimate of drug-likeness (QED) is 0.710. The van der Waals surface area contributed by atoms with Crippen molar-refractivity contribution in [1.82, 2.24) is 4.90 Å². The molecule has 0 saturated carbocycles. The van der Waals surface area contributed by atoms with Crippen molar-refractivity contribution >= 4 is 5.91 Å². The summed E-state index contributed by atoms with van der Waals surface area (Å²) in [7, 11) is 0. The second-order valence-corrected chi connectivity index (χ2v) is 3.60. The Labute approximate surface area is 90.9 Å². The van der Waals surface area contributed by atoms with E-state index >= 15 is 0 Å². The van der Waals surface area contributed by atoms with Crippen LogP contribution in [0.3, 0.4) is 0 Å². The molecule has 1 aliphatic rings. The van der Waals surface area contributed by atoms with Gasteiger partial charge in [0.2, 0.25) is 5.91 Å². The molecule has 1 fully saturated rings. The van der Waals surface area contributed by atoms with Crippen molar-refractivity contribution in [2.24, 2.45) is 5.73 Å². The fourth-order valence-corrected chi connectivity index (χ4v) is 1.56. The van der Waals surface area contributed by atoms with Gasteiger partial charge >= 0.3 is 0 Å². The van der Waals surface area contributed by atoms with Crippen LogP contribution in [0.1, 0.15) is 19.3 Å². The molecule has 0 atom stereocenters. The molecule has 0 aromatic carbocycles. The molecular weight excluding hydrogens is 188 g/mol. The van der Waals surface area contributed by atoms with Gasteiger partial charge in [-0.25, -0.2) is 0 Å². The number of nitrogens with two attached hydrogens (primary N) is 1. The van der Waals surface area contributed by atoms with E-state index in [9.17, 15) is 4.79 Å². The van der Waals surface area contributed by atoms with E-state index in [2.05, 4.69) is 6.58 Å². The van der Waals surface area contributed by atoms with Crippen LogP contribution in [-0.2, 0) is 4.79 Å². The molecular formula is C12H18N2O. The molecule has 82 valence electrons. The summed E-state index contributed by atoms with van der Waals surface area (Å²) in [5, 5.41) is 0. The Morgan fingerprint density at radius 2 is 2.33 bits per heavy atom. The van der Waals surface area contributed by atoms with Crippen molar-refractivity contribution in [2.45, 2.75) is 19.3 Å². The van der Waals surface area contributed by atoms with Gasteiger partial charge in [0.1, 0.15) is 0 Å². The Hall–Kier alpha value is -1.51. The van der Waals surface area contributed by atoms with Crippen LogP contribution in [0.15, 0.2) is 36.6 Å². The molecule has 3 heteroatoms. The highest BCUT2D eigenvalue weighted by Gasteiger charge is 2.15. The smallest absolute Gasteiger partial charge is 0.222 e. The zero-order valence-corrected chi connectivity index (χ0v) is 8.98. The van der Waals surface area contributed by atoms with Gasteiger partial charge < -0.3 is 10.6 Å². The lowest BCUT2D eigenvalue weighted by Gasteiger charge is -2.25. The summed E-state index contributed by atoms with van der Waals surface area (Å²) >= 11 is 0. The normalized spacial score (nSPS) is 18.5. The van der Waals surface area contributed by atoms with Gasteiger partial charge in [0.25, 0.3) is 0 Å². The average Bonchev–Trinajstić information content (AvgIpc) is 2.21. The Morgan fingerprint density at radius 3 is 3.00 bits per heavy atom. The van der Waals surface area contributed by atoms with Crippen LogP contribution >= 0.6 is 0 Å². The number of amides is 1. The maximum Gasteiger partial charge on any atom is 0.222 e. The number of carbonyl (C=O) groups excluding carboxylic acids is 1. The highest BCUT2D eigenvalue weighted by Crippen LogP contribution is 2.09. The zero-order chi connectivity index (χ0) is 11.1. The monoisotopic (exact) mass is 206 g/mol. The first kappa shape index (κ1) is 11.6. The van der Waals surface area contributed by atoms with Crippen LogP contribution in [0, 0.1) is 0 Å². The fourth-order valence-electron chi connectivity index (χ4n) is 1.56. The Kier molecular flexibility index (Phi) is 4.68. The van der Waals surface area contributed by atoms with E-state index in [1.807, 2.05) is 17.1 Å². The number of hydrogen-bond acceptors (Lipinski definition) is 2. The maximum atomic E-state index is 11.4. The van der Waals surface area contributed by atoms with Gasteiger partial charge in [0, 0.05) is 25.2 Å². The maximum absolute atomic E-state index is 11.4. The SMILES string of the molecule is C=C/C=C(N)\C=C/CN1CCCCC1=O. The van der Waals surface area contributed by atoms with Gasteiger partial charge in [-0.1, -0.05) is 18.7 Å². The third-order valence-electron chi connectivity index (χ3n) is 2.37. The molecule has 1 aliphatic heterocycles. The van der Waals surface area contributed by atoms with Crippen molar-refractivity contribution in [3.8, 4) is 0 Å². The van der Waals surface area contributed by atoms with Crippen molar-refractivity contribution in [1.29, 1.82) is 0 Å². The molecule has 1 heterocycles. The molecule has 0 aliphatic carbocycles. The van der Waals surface area contributed by atoms with Crippen molar-refractivity contribution < 1.29 is 4.79 Å². The van der Waals surface area contributed by atoms with E-state index in [1.54, 1.807) is 12.2 Å². The summed E-state index contributed by atoms with van der Waals surface area (Å²) in [4.78, 5) is 13.3. The van der Waals surface area contributed by atoms with E-state index in [4.69, 9.17) is 5.73 Å². The van der Waals surface area contributed by atoms with E-state index in [-0.39, 0.29) is 5.91 Å².